The van der Waals surface area contributed by atoms with E-state index in [2.05, 4.69) is 10.6 Å². The largest absolute Gasteiger partial charge is 0.459 e. The van der Waals surface area contributed by atoms with Crippen molar-refractivity contribution in [2.45, 2.75) is 64.8 Å². The Morgan fingerprint density at radius 1 is 1.07 bits per heavy atom. The lowest BCUT2D eigenvalue weighted by molar-refractivity contribution is -0.148. The van der Waals surface area contributed by atoms with Crippen LogP contribution in [0.25, 0.3) is 0 Å². The zero-order chi connectivity index (χ0) is 21.2. The number of ether oxygens (including phenoxy) is 2. The molecule has 7 nitrogen and oxygen atoms in total. The Hall–Kier alpha value is -2.28. The first kappa shape index (κ1) is 23.8. The van der Waals surface area contributed by atoms with Crippen LogP contribution in [0.1, 0.15) is 46.1 Å². The van der Waals surface area contributed by atoms with E-state index in [1.807, 2.05) is 37.3 Å². The third kappa shape index (κ3) is 9.08. The minimum Gasteiger partial charge on any atom is -0.459 e. The number of hydrogen-bond donors (Lipinski definition) is 2. The SMILES string of the molecule is CCC[C@H](NC(=O)OC(C)(C)C)C(=O)N[C@@H](CCl)C(=O)OCc1ccccc1. The van der Waals surface area contributed by atoms with Crippen LogP contribution in [-0.4, -0.2) is 41.5 Å². The highest BCUT2D eigenvalue weighted by molar-refractivity contribution is 6.20. The Morgan fingerprint density at radius 3 is 2.25 bits per heavy atom. The Morgan fingerprint density at radius 2 is 1.71 bits per heavy atom. The third-order valence-electron chi connectivity index (χ3n) is 3.56. The normalized spacial score (nSPS) is 13.2. The predicted octanol–water partition coefficient (Wildman–Crippen LogP) is 3.15. The molecule has 0 saturated carbocycles. The zero-order valence-electron chi connectivity index (χ0n) is 16.8. The van der Waals surface area contributed by atoms with Gasteiger partial charge in [0.15, 0.2) is 0 Å². The molecule has 2 N–H and O–H groups in total. The highest BCUT2D eigenvalue weighted by Crippen LogP contribution is 2.08. The van der Waals surface area contributed by atoms with E-state index in [0.717, 1.165) is 5.56 Å². The maximum Gasteiger partial charge on any atom is 0.408 e. The van der Waals surface area contributed by atoms with Gasteiger partial charge in [0.1, 0.15) is 24.3 Å². The molecule has 0 aliphatic rings. The van der Waals surface area contributed by atoms with Crippen molar-refractivity contribution in [2.24, 2.45) is 0 Å². The number of carbonyl (C=O) groups excluding carboxylic acids is 3. The van der Waals surface area contributed by atoms with E-state index in [9.17, 15) is 14.4 Å². The van der Waals surface area contributed by atoms with Crippen molar-refractivity contribution in [1.82, 2.24) is 10.6 Å². The number of amides is 2. The number of nitrogens with one attached hydrogen (secondary N) is 2. The van der Waals surface area contributed by atoms with Crippen molar-refractivity contribution >= 4 is 29.6 Å². The lowest BCUT2D eigenvalue weighted by Crippen LogP contribution is -2.53. The van der Waals surface area contributed by atoms with Gasteiger partial charge in [0.05, 0.1) is 5.88 Å². The zero-order valence-corrected chi connectivity index (χ0v) is 17.5. The second-order valence-electron chi connectivity index (χ2n) is 7.30. The van der Waals surface area contributed by atoms with Crippen LogP contribution >= 0.6 is 11.6 Å². The van der Waals surface area contributed by atoms with Crippen LogP contribution in [0.5, 0.6) is 0 Å². The summed E-state index contributed by atoms with van der Waals surface area (Å²) in [6, 6.07) is 7.32. The van der Waals surface area contributed by atoms with Crippen molar-refractivity contribution < 1.29 is 23.9 Å². The minimum atomic E-state index is -1.02. The Balaban J connectivity index is 2.64. The van der Waals surface area contributed by atoms with E-state index < -0.39 is 35.7 Å². The van der Waals surface area contributed by atoms with E-state index in [-0.39, 0.29) is 12.5 Å². The van der Waals surface area contributed by atoms with Crippen LogP contribution in [0.15, 0.2) is 30.3 Å². The van der Waals surface area contributed by atoms with E-state index in [1.54, 1.807) is 20.8 Å². The van der Waals surface area contributed by atoms with Gasteiger partial charge < -0.3 is 20.1 Å². The van der Waals surface area contributed by atoms with Crippen LogP contribution in [0.2, 0.25) is 0 Å². The molecule has 0 aliphatic carbocycles. The number of esters is 1. The molecular formula is C20H29ClN2O5. The highest BCUT2D eigenvalue weighted by Gasteiger charge is 2.28. The molecule has 2 atom stereocenters. The van der Waals surface area contributed by atoms with Gasteiger partial charge >= 0.3 is 12.1 Å². The van der Waals surface area contributed by atoms with E-state index >= 15 is 0 Å². The van der Waals surface area contributed by atoms with Crippen LogP contribution in [0.3, 0.4) is 0 Å². The average Bonchev–Trinajstić information content (AvgIpc) is 2.63. The molecule has 1 aromatic rings. The Kier molecular flexibility index (Phi) is 9.79. The predicted molar refractivity (Wildman–Crippen MR) is 107 cm³/mol. The molecule has 28 heavy (non-hydrogen) atoms. The van der Waals surface area contributed by atoms with Gasteiger partial charge in [0, 0.05) is 0 Å². The number of halogens is 1. The summed E-state index contributed by atoms with van der Waals surface area (Å²) in [7, 11) is 0. The number of rotatable bonds is 9. The summed E-state index contributed by atoms with van der Waals surface area (Å²) in [5.74, 6) is -1.31. The molecule has 0 aliphatic heterocycles. The van der Waals surface area contributed by atoms with Crippen molar-refractivity contribution in [3.8, 4) is 0 Å². The average molecular weight is 413 g/mol. The summed E-state index contributed by atoms with van der Waals surface area (Å²) in [4.78, 5) is 36.7. The number of carbonyl (C=O) groups is 3. The van der Waals surface area contributed by atoms with Crippen molar-refractivity contribution in [3.63, 3.8) is 0 Å². The first-order valence-electron chi connectivity index (χ1n) is 9.22. The first-order chi connectivity index (χ1) is 13.2. The molecule has 0 bridgehead atoms. The van der Waals surface area contributed by atoms with Gasteiger partial charge in [-0.3, -0.25) is 4.79 Å². The quantitative estimate of drug-likeness (QED) is 0.480. The summed E-state index contributed by atoms with van der Waals surface area (Å²) in [5, 5.41) is 5.07. The molecule has 1 rings (SSSR count). The van der Waals surface area contributed by atoms with Crippen LogP contribution < -0.4 is 10.6 Å². The minimum absolute atomic E-state index is 0.0808. The molecule has 0 fully saturated rings. The smallest absolute Gasteiger partial charge is 0.408 e. The molecule has 8 heteroatoms. The lowest BCUT2D eigenvalue weighted by Gasteiger charge is -2.24. The molecule has 0 heterocycles. The summed E-state index contributed by atoms with van der Waals surface area (Å²) in [6.07, 6.45) is 0.340. The van der Waals surface area contributed by atoms with Crippen LogP contribution in [0.4, 0.5) is 4.79 Å². The second-order valence-corrected chi connectivity index (χ2v) is 7.60. The molecule has 0 radical (unpaired) electrons. The summed E-state index contributed by atoms with van der Waals surface area (Å²) >= 11 is 5.84. The highest BCUT2D eigenvalue weighted by atomic mass is 35.5. The van der Waals surface area contributed by atoms with E-state index in [4.69, 9.17) is 21.1 Å². The standard InChI is InChI=1S/C20H29ClN2O5/c1-5-9-15(23-19(26)28-20(2,3)4)17(24)22-16(12-21)18(25)27-13-14-10-7-6-8-11-14/h6-8,10-11,15-16H,5,9,12-13H2,1-4H3,(H,22,24)(H,23,26)/t15-,16-/m0/s1. The molecule has 1 aromatic carbocycles. The van der Waals surface area contributed by atoms with Gasteiger partial charge in [-0.1, -0.05) is 43.7 Å². The first-order valence-corrected chi connectivity index (χ1v) is 9.76. The second kappa shape index (κ2) is 11.5. The van der Waals surface area contributed by atoms with Gasteiger partial charge in [-0.2, -0.15) is 0 Å². The monoisotopic (exact) mass is 412 g/mol. The maximum atomic E-state index is 12.5. The molecule has 0 saturated heterocycles. The topological polar surface area (TPSA) is 93.7 Å². The lowest BCUT2D eigenvalue weighted by atomic mass is 10.1. The van der Waals surface area contributed by atoms with Gasteiger partial charge in [-0.25, -0.2) is 9.59 Å². The number of benzene rings is 1. The number of alkyl carbamates (subject to hydrolysis) is 1. The molecule has 2 amide bonds. The summed E-state index contributed by atoms with van der Waals surface area (Å²) < 4.78 is 10.4. The van der Waals surface area contributed by atoms with Gasteiger partial charge in [-0.05, 0) is 32.8 Å². The van der Waals surface area contributed by atoms with Crippen molar-refractivity contribution in [1.29, 1.82) is 0 Å². The Bertz CT molecular complexity index is 646. The number of hydrogen-bond acceptors (Lipinski definition) is 5. The van der Waals surface area contributed by atoms with Gasteiger partial charge in [0.2, 0.25) is 5.91 Å². The molecule has 0 aromatic heterocycles. The summed E-state index contributed by atoms with van der Waals surface area (Å²) in [6.45, 7) is 7.15. The van der Waals surface area contributed by atoms with Gasteiger partial charge in [0.25, 0.3) is 0 Å². The fourth-order valence-corrected chi connectivity index (χ4v) is 2.47. The fourth-order valence-electron chi connectivity index (χ4n) is 2.27. The van der Waals surface area contributed by atoms with Crippen molar-refractivity contribution in [2.75, 3.05) is 5.88 Å². The third-order valence-corrected chi connectivity index (χ3v) is 3.87. The molecular weight excluding hydrogens is 384 g/mol. The Labute approximate surface area is 171 Å². The summed E-state index contributed by atoms with van der Waals surface area (Å²) in [5.41, 5.74) is 0.142. The fraction of sp³-hybridized carbons (Fsp3) is 0.550. The van der Waals surface area contributed by atoms with Crippen molar-refractivity contribution in [3.05, 3.63) is 35.9 Å². The molecule has 0 spiro atoms. The maximum absolute atomic E-state index is 12.5. The molecule has 0 unspecified atom stereocenters. The van der Waals surface area contributed by atoms with Crippen LogP contribution in [0, 0.1) is 0 Å². The molecule has 156 valence electrons. The number of alkyl halides is 1. The van der Waals surface area contributed by atoms with E-state index in [0.29, 0.717) is 12.8 Å². The van der Waals surface area contributed by atoms with E-state index in [1.165, 1.54) is 0 Å². The van der Waals surface area contributed by atoms with Crippen LogP contribution in [-0.2, 0) is 25.7 Å². The van der Waals surface area contributed by atoms with Gasteiger partial charge in [-0.15, -0.1) is 11.6 Å².